The van der Waals surface area contributed by atoms with Crippen LogP contribution < -0.4 is 10.1 Å². The van der Waals surface area contributed by atoms with Crippen LogP contribution >= 0.6 is 15.9 Å². The maximum Gasteiger partial charge on any atom is 0.261 e. The molecule has 0 aliphatic heterocycles. The van der Waals surface area contributed by atoms with Gasteiger partial charge in [0.25, 0.3) is 5.91 Å². The molecule has 5 nitrogen and oxygen atoms in total. The molecular weight excluding hydrogens is 432 g/mol. The van der Waals surface area contributed by atoms with Crippen LogP contribution in [0.4, 0.5) is 0 Å². The molecule has 0 saturated carbocycles. The molecular formula is C23H29BrN2O3. The quantitative estimate of drug-likeness (QED) is 0.500. The molecule has 0 heterocycles. The van der Waals surface area contributed by atoms with Crippen LogP contribution in [0.2, 0.25) is 0 Å². The van der Waals surface area contributed by atoms with E-state index in [9.17, 15) is 9.59 Å². The van der Waals surface area contributed by atoms with Gasteiger partial charge in [0.15, 0.2) is 6.61 Å². The van der Waals surface area contributed by atoms with Crippen LogP contribution in [0.15, 0.2) is 59.1 Å². The molecule has 2 amide bonds. The number of hydrogen-bond acceptors (Lipinski definition) is 3. The van der Waals surface area contributed by atoms with Crippen molar-refractivity contribution in [3.8, 4) is 5.75 Å². The Hall–Kier alpha value is -2.34. The Balaban J connectivity index is 2.12. The zero-order valence-electron chi connectivity index (χ0n) is 17.1. The summed E-state index contributed by atoms with van der Waals surface area (Å²) in [6.07, 6.45) is 2.46. The van der Waals surface area contributed by atoms with Crippen molar-refractivity contribution >= 4 is 27.7 Å². The Morgan fingerprint density at radius 2 is 1.76 bits per heavy atom. The zero-order chi connectivity index (χ0) is 21.1. The summed E-state index contributed by atoms with van der Waals surface area (Å²) in [7, 11) is 0. The second-order valence-corrected chi connectivity index (χ2v) is 7.73. The molecule has 0 unspecified atom stereocenters. The summed E-state index contributed by atoms with van der Waals surface area (Å²) in [6, 6.07) is 16.5. The highest BCUT2D eigenvalue weighted by Gasteiger charge is 2.28. The van der Waals surface area contributed by atoms with Gasteiger partial charge in [0.05, 0.1) is 0 Å². The lowest BCUT2D eigenvalue weighted by Gasteiger charge is -2.30. The third-order valence-electron chi connectivity index (χ3n) is 4.59. The number of benzene rings is 2. The summed E-state index contributed by atoms with van der Waals surface area (Å²) in [6.45, 7) is 4.87. The lowest BCUT2D eigenvalue weighted by atomic mass is 10.1. The van der Waals surface area contributed by atoms with Crippen LogP contribution in [-0.2, 0) is 16.1 Å². The van der Waals surface area contributed by atoms with Crippen molar-refractivity contribution in [2.75, 3.05) is 13.2 Å². The molecule has 0 aromatic heterocycles. The number of rotatable bonds is 11. The third kappa shape index (κ3) is 7.54. The van der Waals surface area contributed by atoms with Crippen molar-refractivity contribution in [3.63, 3.8) is 0 Å². The first kappa shape index (κ1) is 22.9. The van der Waals surface area contributed by atoms with Gasteiger partial charge in [-0.15, -0.1) is 0 Å². The van der Waals surface area contributed by atoms with Gasteiger partial charge in [0, 0.05) is 17.6 Å². The highest BCUT2D eigenvalue weighted by Crippen LogP contribution is 2.17. The maximum absolute atomic E-state index is 13.0. The monoisotopic (exact) mass is 460 g/mol. The second kappa shape index (κ2) is 12.3. The van der Waals surface area contributed by atoms with Gasteiger partial charge in [-0.05, 0) is 42.7 Å². The SMILES string of the molecule is CCCCNC(=O)[C@@H](CC)N(Cc1ccccc1)C(=O)COc1ccc(Br)cc1. The molecule has 6 heteroatoms. The Bertz CT molecular complexity index is 765. The summed E-state index contributed by atoms with van der Waals surface area (Å²) in [5, 5.41) is 2.96. The Morgan fingerprint density at radius 1 is 1.07 bits per heavy atom. The van der Waals surface area contributed by atoms with Crippen LogP contribution in [0, 0.1) is 0 Å². The highest BCUT2D eigenvalue weighted by atomic mass is 79.9. The van der Waals surface area contributed by atoms with Gasteiger partial charge in [0.2, 0.25) is 5.91 Å². The Labute approximate surface area is 181 Å². The molecule has 0 radical (unpaired) electrons. The lowest BCUT2D eigenvalue weighted by molar-refractivity contribution is -0.143. The van der Waals surface area contributed by atoms with Crippen molar-refractivity contribution in [1.82, 2.24) is 10.2 Å². The molecule has 0 aliphatic rings. The fraction of sp³-hybridized carbons (Fsp3) is 0.391. The van der Waals surface area contributed by atoms with E-state index in [1.807, 2.05) is 49.4 Å². The van der Waals surface area contributed by atoms with Gasteiger partial charge in [-0.1, -0.05) is 66.5 Å². The van der Waals surface area contributed by atoms with Crippen molar-refractivity contribution in [2.45, 2.75) is 45.7 Å². The van der Waals surface area contributed by atoms with Crippen LogP contribution in [0.5, 0.6) is 5.75 Å². The number of ether oxygens (including phenoxy) is 1. The molecule has 0 saturated heterocycles. The molecule has 156 valence electrons. The number of amides is 2. The van der Waals surface area contributed by atoms with Crippen LogP contribution in [0.1, 0.15) is 38.7 Å². The number of nitrogens with zero attached hydrogens (tertiary/aromatic N) is 1. The minimum absolute atomic E-state index is 0.117. The average Bonchev–Trinajstić information content (AvgIpc) is 2.74. The molecule has 1 atom stereocenters. The van der Waals surface area contributed by atoms with Gasteiger partial charge in [-0.3, -0.25) is 9.59 Å². The van der Waals surface area contributed by atoms with Crippen molar-refractivity contribution in [1.29, 1.82) is 0 Å². The summed E-state index contributed by atoms with van der Waals surface area (Å²) in [4.78, 5) is 27.4. The normalized spacial score (nSPS) is 11.6. The standard InChI is InChI=1S/C23H29BrN2O3/c1-3-5-15-25-23(28)21(4-2)26(16-18-9-7-6-8-10-18)22(27)17-29-20-13-11-19(24)12-14-20/h6-14,21H,3-5,15-17H2,1-2H3,(H,25,28)/t21-/m1/s1. The first-order valence-electron chi connectivity index (χ1n) is 10.0. The Morgan fingerprint density at radius 3 is 2.38 bits per heavy atom. The fourth-order valence-corrected chi connectivity index (χ4v) is 3.23. The molecule has 0 aliphatic carbocycles. The summed E-state index contributed by atoms with van der Waals surface area (Å²) >= 11 is 3.38. The minimum atomic E-state index is -0.534. The van der Waals surface area contributed by atoms with E-state index in [2.05, 4.69) is 28.2 Å². The van der Waals surface area contributed by atoms with E-state index in [-0.39, 0.29) is 18.4 Å². The van der Waals surface area contributed by atoms with Crippen LogP contribution in [-0.4, -0.2) is 35.9 Å². The largest absolute Gasteiger partial charge is 0.484 e. The van der Waals surface area contributed by atoms with E-state index in [4.69, 9.17) is 4.74 Å². The highest BCUT2D eigenvalue weighted by molar-refractivity contribution is 9.10. The van der Waals surface area contributed by atoms with Crippen molar-refractivity contribution < 1.29 is 14.3 Å². The van der Waals surface area contributed by atoms with Crippen LogP contribution in [0.25, 0.3) is 0 Å². The zero-order valence-corrected chi connectivity index (χ0v) is 18.7. The molecule has 29 heavy (non-hydrogen) atoms. The Kier molecular flexibility index (Phi) is 9.71. The van der Waals surface area contributed by atoms with E-state index in [0.29, 0.717) is 25.3 Å². The third-order valence-corrected chi connectivity index (χ3v) is 5.12. The molecule has 0 fully saturated rings. The lowest BCUT2D eigenvalue weighted by Crippen LogP contribution is -2.50. The van der Waals surface area contributed by atoms with Gasteiger partial charge >= 0.3 is 0 Å². The minimum Gasteiger partial charge on any atom is -0.484 e. The molecule has 2 aromatic rings. The number of nitrogens with one attached hydrogen (secondary N) is 1. The first-order valence-corrected chi connectivity index (χ1v) is 10.8. The summed E-state index contributed by atoms with van der Waals surface area (Å²) in [5.41, 5.74) is 0.976. The van der Waals surface area contributed by atoms with Crippen molar-refractivity contribution in [3.05, 3.63) is 64.6 Å². The van der Waals surface area contributed by atoms with E-state index in [1.54, 1.807) is 17.0 Å². The van der Waals surface area contributed by atoms with E-state index in [0.717, 1.165) is 22.9 Å². The maximum atomic E-state index is 13.0. The van der Waals surface area contributed by atoms with Gasteiger partial charge in [-0.2, -0.15) is 0 Å². The predicted octanol–water partition coefficient (Wildman–Crippen LogP) is 4.55. The van der Waals surface area contributed by atoms with E-state index in [1.165, 1.54) is 0 Å². The number of carbonyl (C=O) groups excluding carboxylic acids is 2. The fourth-order valence-electron chi connectivity index (χ4n) is 2.96. The number of unbranched alkanes of at least 4 members (excludes halogenated alkanes) is 1. The number of hydrogen-bond donors (Lipinski definition) is 1. The molecule has 2 rings (SSSR count). The number of carbonyl (C=O) groups is 2. The molecule has 2 aromatic carbocycles. The molecule has 1 N–H and O–H groups in total. The topological polar surface area (TPSA) is 58.6 Å². The summed E-state index contributed by atoms with van der Waals surface area (Å²) < 4.78 is 6.61. The van der Waals surface area contributed by atoms with Gasteiger partial charge in [0.1, 0.15) is 11.8 Å². The van der Waals surface area contributed by atoms with Gasteiger partial charge < -0.3 is 15.0 Å². The first-order chi connectivity index (χ1) is 14.0. The molecule has 0 bridgehead atoms. The average molecular weight is 461 g/mol. The van der Waals surface area contributed by atoms with E-state index >= 15 is 0 Å². The van der Waals surface area contributed by atoms with E-state index < -0.39 is 6.04 Å². The molecule has 0 spiro atoms. The predicted molar refractivity (Wildman–Crippen MR) is 119 cm³/mol. The van der Waals surface area contributed by atoms with Crippen molar-refractivity contribution in [2.24, 2.45) is 0 Å². The van der Waals surface area contributed by atoms with Gasteiger partial charge in [-0.25, -0.2) is 0 Å². The smallest absolute Gasteiger partial charge is 0.261 e. The van der Waals surface area contributed by atoms with Crippen LogP contribution in [0.3, 0.4) is 0 Å². The summed E-state index contributed by atoms with van der Waals surface area (Å²) in [5.74, 6) is 0.282. The second-order valence-electron chi connectivity index (χ2n) is 6.82. The number of halogens is 1.